The normalized spacial score (nSPS) is 25.0. The molecule has 2 aliphatic rings. The zero-order chi connectivity index (χ0) is 10.7. The van der Waals surface area contributed by atoms with E-state index in [-0.39, 0.29) is 5.60 Å². The van der Waals surface area contributed by atoms with E-state index >= 15 is 0 Å². The zero-order valence-corrected chi connectivity index (χ0v) is 9.84. The summed E-state index contributed by atoms with van der Waals surface area (Å²) in [7, 11) is 2.12. The molecule has 15 heavy (non-hydrogen) atoms. The van der Waals surface area contributed by atoms with Crippen LogP contribution in [0.25, 0.3) is 0 Å². The number of aliphatic hydroxyl groups is 1. The average Bonchev–Trinajstić information content (AvgIpc) is 2.89. The molecule has 3 nitrogen and oxygen atoms in total. The highest BCUT2D eigenvalue weighted by atomic mass is 16.3. The van der Waals surface area contributed by atoms with Gasteiger partial charge in [-0.1, -0.05) is 12.8 Å². The topological polar surface area (TPSA) is 35.5 Å². The highest BCUT2D eigenvalue weighted by Crippen LogP contribution is 2.29. The molecule has 2 saturated carbocycles. The van der Waals surface area contributed by atoms with Crippen LogP contribution in [0.4, 0.5) is 0 Å². The van der Waals surface area contributed by atoms with Gasteiger partial charge in [0, 0.05) is 25.7 Å². The molecule has 0 aliphatic heterocycles. The maximum absolute atomic E-state index is 10.2. The van der Waals surface area contributed by atoms with E-state index in [1.807, 2.05) is 0 Å². The van der Waals surface area contributed by atoms with Gasteiger partial charge in [0.2, 0.25) is 0 Å². The SMILES string of the molecule is CN(CCNC1CC1)CC1(O)CCCC1. The molecule has 0 amide bonds. The monoisotopic (exact) mass is 212 g/mol. The molecule has 0 heterocycles. The molecule has 2 aliphatic carbocycles. The maximum atomic E-state index is 10.2. The van der Waals surface area contributed by atoms with Crippen molar-refractivity contribution in [3.8, 4) is 0 Å². The van der Waals surface area contributed by atoms with Crippen LogP contribution in [0.2, 0.25) is 0 Å². The van der Waals surface area contributed by atoms with Gasteiger partial charge in [-0.2, -0.15) is 0 Å². The van der Waals surface area contributed by atoms with Gasteiger partial charge in [-0.3, -0.25) is 0 Å². The molecule has 0 unspecified atom stereocenters. The molecule has 0 aromatic carbocycles. The van der Waals surface area contributed by atoms with Crippen molar-refractivity contribution in [3.63, 3.8) is 0 Å². The lowest BCUT2D eigenvalue weighted by Crippen LogP contribution is -2.41. The predicted octanol–water partition coefficient (Wildman–Crippen LogP) is 0.975. The number of rotatable bonds is 6. The second kappa shape index (κ2) is 4.81. The Balaban J connectivity index is 1.59. The summed E-state index contributed by atoms with van der Waals surface area (Å²) in [6.07, 6.45) is 7.09. The van der Waals surface area contributed by atoms with Gasteiger partial charge in [0.25, 0.3) is 0 Å². The third-order valence-electron chi connectivity index (χ3n) is 3.60. The minimum Gasteiger partial charge on any atom is -0.389 e. The highest BCUT2D eigenvalue weighted by Gasteiger charge is 2.32. The van der Waals surface area contributed by atoms with Crippen molar-refractivity contribution in [2.24, 2.45) is 0 Å². The Hall–Kier alpha value is -0.120. The fourth-order valence-corrected chi connectivity index (χ4v) is 2.52. The lowest BCUT2D eigenvalue weighted by Gasteiger charge is -2.28. The van der Waals surface area contributed by atoms with Crippen LogP contribution in [0.1, 0.15) is 38.5 Å². The van der Waals surface area contributed by atoms with E-state index < -0.39 is 0 Å². The smallest absolute Gasteiger partial charge is 0.0774 e. The van der Waals surface area contributed by atoms with E-state index in [0.717, 1.165) is 38.5 Å². The highest BCUT2D eigenvalue weighted by molar-refractivity contribution is 4.87. The molecule has 0 aromatic heterocycles. The Labute approximate surface area is 92.8 Å². The van der Waals surface area contributed by atoms with Crippen molar-refractivity contribution in [1.29, 1.82) is 0 Å². The summed E-state index contributed by atoms with van der Waals surface area (Å²) in [5, 5.41) is 13.7. The summed E-state index contributed by atoms with van der Waals surface area (Å²) in [5.74, 6) is 0. The first-order valence-electron chi connectivity index (χ1n) is 6.32. The van der Waals surface area contributed by atoms with Gasteiger partial charge in [-0.15, -0.1) is 0 Å². The van der Waals surface area contributed by atoms with Gasteiger partial charge >= 0.3 is 0 Å². The Morgan fingerprint density at radius 2 is 2.00 bits per heavy atom. The van der Waals surface area contributed by atoms with Crippen molar-refractivity contribution in [2.45, 2.75) is 50.2 Å². The second-order valence-corrected chi connectivity index (χ2v) is 5.40. The van der Waals surface area contributed by atoms with Gasteiger partial charge < -0.3 is 15.3 Å². The Morgan fingerprint density at radius 1 is 1.33 bits per heavy atom. The molecule has 3 heteroatoms. The van der Waals surface area contributed by atoms with Gasteiger partial charge in [-0.05, 0) is 32.7 Å². The first kappa shape index (κ1) is 11.4. The maximum Gasteiger partial charge on any atom is 0.0774 e. The summed E-state index contributed by atoms with van der Waals surface area (Å²) in [4.78, 5) is 2.26. The Bertz CT molecular complexity index is 198. The summed E-state index contributed by atoms with van der Waals surface area (Å²) < 4.78 is 0. The van der Waals surface area contributed by atoms with Crippen LogP contribution in [0, 0.1) is 0 Å². The van der Waals surface area contributed by atoms with E-state index in [2.05, 4.69) is 17.3 Å². The number of nitrogens with one attached hydrogen (secondary N) is 1. The largest absolute Gasteiger partial charge is 0.389 e. The standard InChI is InChI=1S/C12H24N2O/c1-14(9-8-13-11-4-5-11)10-12(15)6-2-3-7-12/h11,13,15H,2-10H2,1H3. The molecular weight excluding hydrogens is 188 g/mol. The van der Waals surface area contributed by atoms with Crippen LogP contribution in [-0.2, 0) is 0 Å². The number of likely N-dealkylation sites (N-methyl/N-ethyl adjacent to an activating group) is 1. The lowest BCUT2D eigenvalue weighted by atomic mass is 10.0. The average molecular weight is 212 g/mol. The molecule has 0 bridgehead atoms. The summed E-state index contributed by atoms with van der Waals surface area (Å²) >= 11 is 0. The van der Waals surface area contributed by atoms with Crippen LogP contribution in [0.3, 0.4) is 0 Å². The van der Waals surface area contributed by atoms with Crippen LogP contribution < -0.4 is 5.32 Å². The quantitative estimate of drug-likeness (QED) is 0.689. The minimum atomic E-state index is -0.381. The molecule has 0 radical (unpaired) electrons. The predicted molar refractivity (Wildman–Crippen MR) is 61.9 cm³/mol. The van der Waals surface area contributed by atoms with Gasteiger partial charge in [0.1, 0.15) is 0 Å². The lowest BCUT2D eigenvalue weighted by molar-refractivity contribution is 0.0167. The third-order valence-corrected chi connectivity index (χ3v) is 3.60. The van der Waals surface area contributed by atoms with Crippen molar-refractivity contribution in [2.75, 3.05) is 26.7 Å². The van der Waals surface area contributed by atoms with E-state index in [0.29, 0.717) is 0 Å². The van der Waals surface area contributed by atoms with E-state index in [1.165, 1.54) is 25.7 Å². The van der Waals surface area contributed by atoms with Crippen LogP contribution in [-0.4, -0.2) is 48.3 Å². The number of nitrogens with zero attached hydrogens (tertiary/aromatic N) is 1. The molecule has 2 N–H and O–H groups in total. The molecule has 0 saturated heterocycles. The van der Waals surface area contributed by atoms with Gasteiger partial charge in [0.05, 0.1) is 5.60 Å². The fourth-order valence-electron chi connectivity index (χ4n) is 2.52. The van der Waals surface area contributed by atoms with E-state index in [9.17, 15) is 5.11 Å². The van der Waals surface area contributed by atoms with Gasteiger partial charge in [-0.25, -0.2) is 0 Å². The Morgan fingerprint density at radius 3 is 2.60 bits per heavy atom. The zero-order valence-electron chi connectivity index (χ0n) is 9.84. The van der Waals surface area contributed by atoms with Crippen LogP contribution in [0.5, 0.6) is 0 Å². The molecular formula is C12H24N2O. The first-order valence-corrected chi connectivity index (χ1v) is 6.32. The summed E-state index contributed by atoms with van der Waals surface area (Å²) in [5.41, 5.74) is -0.381. The van der Waals surface area contributed by atoms with Crippen molar-refractivity contribution < 1.29 is 5.11 Å². The van der Waals surface area contributed by atoms with E-state index in [4.69, 9.17) is 0 Å². The fraction of sp³-hybridized carbons (Fsp3) is 1.00. The van der Waals surface area contributed by atoms with Crippen molar-refractivity contribution >= 4 is 0 Å². The summed E-state index contributed by atoms with van der Waals surface area (Å²) in [6.45, 7) is 2.97. The second-order valence-electron chi connectivity index (χ2n) is 5.40. The first-order chi connectivity index (χ1) is 7.18. The van der Waals surface area contributed by atoms with Crippen molar-refractivity contribution in [1.82, 2.24) is 10.2 Å². The molecule has 0 atom stereocenters. The third kappa shape index (κ3) is 3.74. The molecule has 88 valence electrons. The Kier molecular flexibility index (Phi) is 3.65. The minimum absolute atomic E-state index is 0.381. The van der Waals surface area contributed by atoms with Gasteiger partial charge in [0.15, 0.2) is 0 Å². The molecule has 2 rings (SSSR count). The van der Waals surface area contributed by atoms with Crippen LogP contribution in [0.15, 0.2) is 0 Å². The summed E-state index contributed by atoms with van der Waals surface area (Å²) in [6, 6.07) is 0.799. The number of hydrogen-bond acceptors (Lipinski definition) is 3. The number of hydrogen-bond donors (Lipinski definition) is 2. The molecule has 0 aromatic rings. The van der Waals surface area contributed by atoms with Crippen LogP contribution >= 0.6 is 0 Å². The molecule has 2 fully saturated rings. The molecule has 0 spiro atoms. The van der Waals surface area contributed by atoms with Crippen molar-refractivity contribution in [3.05, 3.63) is 0 Å². The van der Waals surface area contributed by atoms with E-state index in [1.54, 1.807) is 0 Å².